The van der Waals surface area contributed by atoms with Crippen LogP contribution in [-0.2, 0) is 4.79 Å². The molecule has 4 heteroatoms. The topological polar surface area (TPSA) is 51.5 Å². The zero-order valence-corrected chi connectivity index (χ0v) is 14.9. The highest BCUT2D eigenvalue weighted by Crippen LogP contribution is 2.37. The first-order valence-corrected chi connectivity index (χ1v) is 8.36. The Morgan fingerprint density at radius 2 is 2.04 bits per heavy atom. The van der Waals surface area contributed by atoms with Crippen LogP contribution in [0.15, 0.2) is 71.9 Å². The van der Waals surface area contributed by atoms with Gasteiger partial charge in [-0.1, -0.05) is 36.4 Å². The predicted molar refractivity (Wildman–Crippen MR) is 105 cm³/mol. The Bertz CT molecular complexity index is 968. The summed E-state index contributed by atoms with van der Waals surface area (Å²) in [4.78, 5) is 12.0. The van der Waals surface area contributed by atoms with Crippen molar-refractivity contribution in [3.8, 4) is 16.9 Å². The molecule has 0 fully saturated rings. The Kier molecular flexibility index (Phi) is 5.23. The van der Waals surface area contributed by atoms with Crippen LogP contribution in [-0.4, -0.2) is 19.6 Å². The minimum atomic E-state index is -0.167. The van der Waals surface area contributed by atoms with Crippen LogP contribution in [0.25, 0.3) is 27.7 Å². The van der Waals surface area contributed by atoms with Crippen molar-refractivity contribution in [2.75, 3.05) is 13.7 Å². The summed E-state index contributed by atoms with van der Waals surface area (Å²) in [7, 11) is 1.61. The molecule has 132 valence electrons. The largest absolute Gasteiger partial charge is 0.496 e. The quantitative estimate of drug-likeness (QED) is 0.514. The minimum Gasteiger partial charge on any atom is -0.496 e. The minimum absolute atomic E-state index is 0.167. The smallest absolute Gasteiger partial charge is 0.244 e. The summed E-state index contributed by atoms with van der Waals surface area (Å²) in [6.07, 6.45) is 4.96. The normalized spacial score (nSPS) is 11.4. The van der Waals surface area contributed by atoms with E-state index in [-0.39, 0.29) is 5.91 Å². The van der Waals surface area contributed by atoms with Crippen molar-refractivity contribution in [3.63, 3.8) is 0 Å². The van der Waals surface area contributed by atoms with E-state index >= 15 is 0 Å². The van der Waals surface area contributed by atoms with Gasteiger partial charge in [0.05, 0.1) is 13.4 Å². The molecule has 0 bridgehead atoms. The molecular weight excluding hydrogens is 326 g/mol. The third-order valence-electron chi connectivity index (χ3n) is 4.17. The van der Waals surface area contributed by atoms with E-state index < -0.39 is 0 Å². The number of benzene rings is 2. The first-order chi connectivity index (χ1) is 12.6. The van der Waals surface area contributed by atoms with Crippen LogP contribution in [0.5, 0.6) is 5.75 Å². The summed E-state index contributed by atoms with van der Waals surface area (Å²) < 4.78 is 11.2. The summed E-state index contributed by atoms with van der Waals surface area (Å²) >= 11 is 0. The molecular formula is C22H21NO3. The molecule has 0 unspecified atom stereocenters. The molecule has 2 aromatic carbocycles. The first-order valence-electron chi connectivity index (χ1n) is 8.36. The van der Waals surface area contributed by atoms with Crippen molar-refractivity contribution in [2.45, 2.75) is 6.92 Å². The lowest BCUT2D eigenvalue weighted by molar-refractivity contribution is -0.116. The fourth-order valence-corrected chi connectivity index (χ4v) is 2.87. The molecule has 0 aliphatic rings. The van der Waals surface area contributed by atoms with Crippen LogP contribution in [0.3, 0.4) is 0 Å². The monoisotopic (exact) mass is 347 g/mol. The summed E-state index contributed by atoms with van der Waals surface area (Å²) in [6, 6.07) is 13.9. The maximum atomic E-state index is 12.0. The molecule has 4 nitrogen and oxygen atoms in total. The van der Waals surface area contributed by atoms with Gasteiger partial charge < -0.3 is 14.5 Å². The molecule has 1 N–H and O–H groups in total. The van der Waals surface area contributed by atoms with E-state index in [1.165, 1.54) is 0 Å². The lowest BCUT2D eigenvalue weighted by atomic mass is 9.99. The van der Waals surface area contributed by atoms with Crippen LogP contribution in [0.1, 0.15) is 12.5 Å². The van der Waals surface area contributed by atoms with Crippen molar-refractivity contribution in [3.05, 3.63) is 73.0 Å². The number of carbonyl (C=O) groups is 1. The Labute approximate surface area is 152 Å². The van der Waals surface area contributed by atoms with Gasteiger partial charge in [-0.05, 0) is 24.1 Å². The second-order valence-corrected chi connectivity index (χ2v) is 5.93. The molecule has 3 rings (SSSR count). The van der Waals surface area contributed by atoms with Crippen molar-refractivity contribution in [2.24, 2.45) is 0 Å². The number of amides is 1. The van der Waals surface area contributed by atoms with Crippen LogP contribution < -0.4 is 10.1 Å². The van der Waals surface area contributed by atoms with Gasteiger partial charge in [-0.3, -0.25) is 4.79 Å². The number of hydrogen-bond acceptors (Lipinski definition) is 3. The highest BCUT2D eigenvalue weighted by atomic mass is 16.5. The van der Waals surface area contributed by atoms with E-state index in [0.29, 0.717) is 12.3 Å². The molecule has 0 spiro atoms. The molecule has 1 aromatic heterocycles. The zero-order chi connectivity index (χ0) is 18.5. The maximum absolute atomic E-state index is 12.0. The number of carbonyl (C=O) groups excluding carboxylic acids is 1. The second kappa shape index (κ2) is 7.74. The van der Waals surface area contributed by atoms with E-state index in [1.54, 1.807) is 25.5 Å². The molecule has 0 saturated heterocycles. The average Bonchev–Trinajstić information content (AvgIpc) is 3.08. The van der Waals surface area contributed by atoms with Crippen molar-refractivity contribution >= 4 is 22.4 Å². The summed E-state index contributed by atoms with van der Waals surface area (Å²) in [5, 5.41) is 3.73. The molecule has 26 heavy (non-hydrogen) atoms. The van der Waals surface area contributed by atoms with Crippen LogP contribution >= 0.6 is 0 Å². The van der Waals surface area contributed by atoms with Gasteiger partial charge in [-0.2, -0.15) is 0 Å². The Morgan fingerprint density at radius 1 is 1.27 bits per heavy atom. The van der Waals surface area contributed by atoms with Gasteiger partial charge in [0, 0.05) is 35.2 Å². The van der Waals surface area contributed by atoms with E-state index in [2.05, 4.69) is 11.9 Å². The molecule has 0 aliphatic heterocycles. The van der Waals surface area contributed by atoms with Crippen molar-refractivity contribution in [1.82, 2.24) is 5.32 Å². The molecule has 0 atom stereocenters. The molecule has 0 saturated carbocycles. The Morgan fingerprint density at radius 3 is 2.73 bits per heavy atom. The molecule has 1 amide bonds. The van der Waals surface area contributed by atoms with Gasteiger partial charge in [-0.25, -0.2) is 0 Å². The zero-order valence-electron chi connectivity index (χ0n) is 14.9. The van der Waals surface area contributed by atoms with E-state index in [0.717, 1.165) is 33.2 Å². The first kappa shape index (κ1) is 17.5. The summed E-state index contributed by atoms with van der Waals surface area (Å²) in [5.74, 6) is 0.497. The molecule has 0 aliphatic carbocycles. The van der Waals surface area contributed by atoms with Gasteiger partial charge in [0.25, 0.3) is 0 Å². The number of hydrogen-bond donors (Lipinski definition) is 1. The highest BCUT2D eigenvalue weighted by molar-refractivity contribution is 6.00. The molecule has 1 heterocycles. The highest BCUT2D eigenvalue weighted by Gasteiger charge is 2.14. The number of ether oxygens (including phenoxy) is 1. The van der Waals surface area contributed by atoms with Crippen LogP contribution in [0.4, 0.5) is 0 Å². The van der Waals surface area contributed by atoms with E-state index in [4.69, 9.17) is 9.15 Å². The summed E-state index contributed by atoms with van der Waals surface area (Å²) in [5.41, 5.74) is 4.49. The third kappa shape index (κ3) is 3.54. The predicted octanol–water partition coefficient (Wildman–Crippen LogP) is 4.81. The number of furan rings is 1. The Balaban J connectivity index is 2.08. The molecule has 3 aromatic rings. The number of allylic oxidation sites excluding steroid dienone is 1. The summed E-state index contributed by atoms with van der Waals surface area (Å²) in [6.45, 7) is 5.92. The SMILES string of the molecule is C=CCNC(=O)/C=C(\C)c1cc2c(-c3ccccc3)coc2cc1OC. The van der Waals surface area contributed by atoms with E-state index in [9.17, 15) is 4.79 Å². The second-order valence-electron chi connectivity index (χ2n) is 5.93. The lowest BCUT2D eigenvalue weighted by Gasteiger charge is -2.10. The number of fused-ring (bicyclic) bond motifs is 1. The fourth-order valence-electron chi connectivity index (χ4n) is 2.87. The van der Waals surface area contributed by atoms with Crippen molar-refractivity contribution in [1.29, 1.82) is 0 Å². The number of nitrogens with one attached hydrogen (secondary N) is 1. The van der Waals surface area contributed by atoms with Gasteiger partial charge >= 0.3 is 0 Å². The third-order valence-corrected chi connectivity index (χ3v) is 4.17. The maximum Gasteiger partial charge on any atom is 0.244 e. The number of rotatable bonds is 6. The fraction of sp³-hybridized carbons (Fsp3) is 0.136. The van der Waals surface area contributed by atoms with E-state index in [1.807, 2.05) is 49.4 Å². The standard InChI is InChI=1S/C22H21NO3/c1-4-10-23-22(24)11-15(2)17-12-18-19(16-8-6-5-7-9-16)14-26-21(18)13-20(17)25-3/h4-9,11-14H,1,10H2,2-3H3,(H,23,24)/b15-11+. The van der Waals surface area contributed by atoms with Gasteiger partial charge in [0.2, 0.25) is 5.91 Å². The van der Waals surface area contributed by atoms with Crippen molar-refractivity contribution < 1.29 is 13.9 Å². The number of methoxy groups -OCH3 is 1. The molecule has 0 radical (unpaired) electrons. The Hall–Kier alpha value is -3.27. The van der Waals surface area contributed by atoms with Gasteiger partial charge in [0.15, 0.2) is 0 Å². The van der Waals surface area contributed by atoms with Gasteiger partial charge in [0.1, 0.15) is 11.3 Å². The lowest BCUT2D eigenvalue weighted by Crippen LogP contribution is -2.20. The van der Waals surface area contributed by atoms with Crippen LogP contribution in [0.2, 0.25) is 0 Å². The average molecular weight is 347 g/mol. The van der Waals surface area contributed by atoms with Crippen LogP contribution in [0, 0.1) is 0 Å². The van der Waals surface area contributed by atoms with Gasteiger partial charge in [-0.15, -0.1) is 6.58 Å².